The zero-order valence-electron chi connectivity index (χ0n) is 11.0. The highest BCUT2D eigenvalue weighted by atomic mass is 16.5. The Kier molecular flexibility index (Phi) is 3.25. The van der Waals surface area contributed by atoms with Crippen molar-refractivity contribution in [1.82, 2.24) is 0 Å². The van der Waals surface area contributed by atoms with E-state index in [1.54, 1.807) is 0 Å². The van der Waals surface area contributed by atoms with Gasteiger partial charge in [0, 0.05) is 5.41 Å². The van der Waals surface area contributed by atoms with E-state index in [9.17, 15) is 0 Å². The molecule has 1 aliphatic carbocycles. The second-order valence-corrected chi connectivity index (χ2v) is 5.74. The van der Waals surface area contributed by atoms with Gasteiger partial charge in [-0.1, -0.05) is 38.0 Å². The molecule has 1 nitrogen and oxygen atoms in total. The molecule has 0 radical (unpaired) electrons. The Morgan fingerprint density at radius 3 is 2.88 bits per heavy atom. The summed E-state index contributed by atoms with van der Waals surface area (Å²) in [6, 6.07) is 0. The molecule has 1 unspecified atom stereocenters. The van der Waals surface area contributed by atoms with Gasteiger partial charge in [0.2, 0.25) is 0 Å². The van der Waals surface area contributed by atoms with E-state index in [4.69, 9.17) is 4.74 Å². The van der Waals surface area contributed by atoms with Crippen molar-refractivity contribution in [3.05, 3.63) is 23.3 Å². The molecule has 0 spiro atoms. The fourth-order valence-electron chi connectivity index (χ4n) is 3.02. The molecular formula is C15H24O. The summed E-state index contributed by atoms with van der Waals surface area (Å²) in [5.41, 5.74) is 3.26. The van der Waals surface area contributed by atoms with E-state index in [1.807, 2.05) is 0 Å². The van der Waals surface area contributed by atoms with Crippen molar-refractivity contribution in [2.75, 3.05) is 6.61 Å². The summed E-state index contributed by atoms with van der Waals surface area (Å²) in [4.78, 5) is 0. The molecule has 1 heteroatoms. The normalized spacial score (nSPS) is 37.6. The topological polar surface area (TPSA) is 9.23 Å². The highest BCUT2D eigenvalue weighted by Gasteiger charge is 2.46. The minimum Gasteiger partial charge on any atom is -0.377 e. The lowest BCUT2D eigenvalue weighted by Gasteiger charge is -2.35. The summed E-state index contributed by atoms with van der Waals surface area (Å²) in [5, 5.41) is 0. The van der Waals surface area contributed by atoms with Crippen LogP contribution >= 0.6 is 0 Å². The highest BCUT2D eigenvalue weighted by Crippen LogP contribution is 2.48. The van der Waals surface area contributed by atoms with Crippen LogP contribution in [0.5, 0.6) is 0 Å². The third-order valence-electron chi connectivity index (χ3n) is 4.38. The first-order valence-corrected chi connectivity index (χ1v) is 6.55. The fourth-order valence-corrected chi connectivity index (χ4v) is 3.02. The first-order valence-electron chi connectivity index (χ1n) is 6.55. The van der Waals surface area contributed by atoms with Gasteiger partial charge in [-0.05, 0) is 38.2 Å². The number of ether oxygens (including phenoxy) is 1. The molecule has 0 amide bonds. The smallest absolute Gasteiger partial charge is 0.0666 e. The standard InChI is InChI=1S/C15H24O/c1-5-6-14-15(4)8-7-12(11(2)3)9-13(15)10-16-14/h7-8,13-14H,5-6,9-10H2,1-4H3/t13-,14?,15-/m1/s1. The number of hydrogen-bond acceptors (Lipinski definition) is 1. The van der Waals surface area contributed by atoms with E-state index in [0.29, 0.717) is 12.0 Å². The molecule has 0 N–H and O–H groups in total. The Labute approximate surface area is 99.6 Å². The molecule has 1 heterocycles. The summed E-state index contributed by atoms with van der Waals surface area (Å²) in [7, 11) is 0. The lowest BCUT2D eigenvalue weighted by Crippen LogP contribution is -2.33. The molecule has 16 heavy (non-hydrogen) atoms. The molecule has 90 valence electrons. The molecule has 0 aromatic heterocycles. The molecule has 3 atom stereocenters. The van der Waals surface area contributed by atoms with Crippen LogP contribution in [0.15, 0.2) is 23.3 Å². The SMILES string of the molecule is CCCC1OC[C@H]2CC(=C(C)C)C=C[C@@]12C. The van der Waals surface area contributed by atoms with Crippen molar-refractivity contribution >= 4 is 0 Å². The van der Waals surface area contributed by atoms with Crippen molar-refractivity contribution in [1.29, 1.82) is 0 Å². The van der Waals surface area contributed by atoms with Crippen LogP contribution in [0.25, 0.3) is 0 Å². The van der Waals surface area contributed by atoms with Crippen molar-refractivity contribution in [3.63, 3.8) is 0 Å². The quantitative estimate of drug-likeness (QED) is 0.680. The van der Waals surface area contributed by atoms with Gasteiger partial charge in [0.25, 0.3) is 0 Å². The van der Waals surface area contributed by atoms with Crippen LogP contribution in [-0.2, 0) is 4.74 Å². The molecule has 0 bridgehead atoms. The molecule has 1 saturated heterocycles. The largest absolute Gasteiger partial charge is 0.377 e. The summed E-state index contributed by atoms with van der Waals surface area (Å²) < 4.78 is 6.00. The summed E-state index contributed by atoms with van der Waals surface area (Å²) in [6.45, 7) is 9.99. The van der Waals surface area contributed by atoms with Crippen LogP contribution in [0.3, 0.4) is 0 Å². The first kappa shape index (κ1) is 11.9. The number of allylic oxidation sites excluding steroid dienone is 3. The van der Waals surface area contributed by atoms with Crippen molar-refractivity contribution in [3.8, 4) is 0 Å². The van der Waals surface area contributed by atoms with Crippen molar-refractivity contribution < 1.29 is 4.74 Å². The molecule has 2 rings (SSSR count). The van der Waals surface area contributed by atoms with Gasteiger partial charge in [-0.25, -0.2) is 0 Å². The Balaban J connectivity index is 2.23. The third-order valence-corrected chi connectivity index (χ3v) is 4.38. The second kappa shape index (κ2) is 4.37. The maximum Gasteiger partial charge on any atom is 0.0666 e. The van der Waals surface area contributed by atoms with Crippen molar-refractivity contribution in [2.45, 2.75) is 53.1 Å². The van der Waals surface area contributed by atoms with Gasteiger partial charge in [-0.3, -0.25) is 0 Å². The van der Waals surface area contributed by atoms with Crippen LogP contribution in [0, 0.1) is 11.3 Å². The molecule has 1 fully saturated rings. The Morgan fingerprint density at radius 1 is 1.50 bits per heavy atom. The third kappa shape index (κ3) is 1.86. The van der Waals surface area contributed by atoms with Gasteiger partial charge in [0.05, 0.1) is 12.7 Å². The summed E-state index contributed by atoms with van der Waals surface area (Å²) >= 11 is 0. The van der Waals surface area contributed by atoms with Crippen LogP contribution < -0.4 is 0 Å². The Hall–Kier alpha value is -0.560. The van der Waals surface area contributed by atoms with E-state index in [0.717, 1.165) is 6.61 Å². The summed E-state index contributed by atoms with van der Waals surface area (Å²) in [6.07, 6.45) is 8.81. The average Bonchev–Trinajstić information content (AvgIpc) is 2.56. The van der Waals surface area contributed by atoms with Gasteiger partial charge in [-0.2, -0.15) is 0 Å². The fraction of sp³-hybridized carbons (Fsp3) is 0.733. The molecule has 0 saturated carbocycles. The van der Waals surface area contributed by atoms with Gasteiger partial charge >= 0.3 is 0 Å². The number of hydrogen-bond donors (Lipinski definition) is 0. The van der Waals surface area contributed by atoms with E-state index in [2.05, 4.69) is 39.8 Å². The molecular weight excluding hydrogens is 196 g/mol. The van der Waals surface area contributed by atoms with Gasteiger partial charge in [0.15, 0.2) is 0 Å². The minimum atomic E-state index is 0.287. The second-order valence-electron chi connectivity index (χ2n) is 5.74. The van der Waals surface area contributed by atoms with Gasteiger partial charge in [0.1, 0.15) is 0 Å². The van der Waals surface area contributed by atoms with Gasteiger partial charge in [-0.15, -0.1) is 0 Å². The monoisotopic (exact) mass is 220 g/mol. The predicted molar refractivity (Wildman–Crippen MR) is 68.4 cm³/mol. The van der Waals surface area contributed by atoms with Crippen molar-refractivity contribution in [2.24, 2.45) is 11.3 Å². The molecule has 0 aromatic carbocycles. The zero-order chi connectivity index (χ0) is 11.8. The highest BCUT2D eigenvalue weighted by molar-refractivity contribution is 5.31. The molecule has 1 aliphatic heterocycles. The summed E-state index contributed by atoms with van der Waals surface area (Å²) in [5.74, 6) is 0.693. The average molecular weight is 220 g/mol. The Morgan fingerprint density at radius 2 is 2.25 bits per heavy atom. The zero-order valence-corrected chi connectivity index (χ0v) is 11.0. The number of rotatable bonds is 2. The van der Waals surface area contributed by atoms with Crippen LogP contribution in [0.4, 0.5) is 0 Å². The Bertz CT molecular complexity index is 322. The lowest BCUT2D eigenvalue weighted by molar-refractivity contribution is 0.0663. The van der Waals surface area contributed by atoms with Crippen LogP contribution in [0.1, 0.15) is 47.0 Å². The van der Waals surface area contributed by atoms with E-state index in [-0.39, 0.29) is 5.41 Å². The maximum atomic E-state index is 6.00. The molecule has 0 aromatic rings. The first-order chi connectivity index (χ1) is 7.58. The van der Waals surface area contributed by atoms with E-state index in [1.165, 1.54) is 30.4 Å². The predicted octanol–water partition coefficient (Wildman–Crippen LogP) is 4.10. The van der Waals surface area contributed by atoms with E-state index < -0.39 is 0 Å². The van der Waals surface area contributed by atoms with Crippen LogP contribution in [0.2, 0.25) is 0 Å². The molecule has 2 aliphatic rings. The minimum absolute atomic E-state index is 0.287. The van der Waals surface area contributed by atoms with Crippen LogP contribution in [-0.4, -0.2) is 12.7 Å². The van der Waals surface area contributed by atoms with Gasteiger partial charge < -0.3 is 4.74 Å². The lowest BCUT2D eigenvalue weighted by atomic mass is 9.68. The number of fused-ring (bicyclic) bond motifs is 1. The van der Waals surface area contributed by atoms with E-state index >= 15 is 0 Å². The maximum absolute atomic E-state index is 6.00.